The lowest BCUT2D eigenvalue weighted by Gasteiger charge is -2.25. The van der Waals surface area contributed by atoms with Crippen LogP contribution in [0.4, 0.5) is 0 Å². The first-order valence-electron chi connectivity index (χ1n) is 9.67. The van der Waals surface area contributed by atoms with Crippen molar-refractivity contribution in [2.24, 2.45) is 0 Å². The zero-order chi connectivity index (χ0) is 19.3. The number of ether oxygens (including phenoxy) is 1. The molecule has 2 aliphatic heterocycles. The molecule has 1 aromatic carbocycles. The molecule has 7 heteroatoms. The Bertz CT molecular complexity index is 814. The number of furan rings is 1. The normalized spacial score (nSPS) is 20.5. The molecule has 2 amide bonds. The maximum atomic E-state index is 12.5. The van der Waals surface area contributed by atoms with Crippen LogP contribution in [-0.4, -0.2) is 60.5 Å². The molecule has 0 spiro atoms. The summed E-state index contributed by atoms with van der Waals surface area (Å²) < 4.78 is 10.9. The standard InChI is InChI=1S/C21H25N3O4/c25-20-11-18(13-24(20)12-16-4-2-1-3-5-16)22-21(26)17-10-19(28-15-17)14-23-6-8-27-9-7-23/h1-5,10,15,18H,6-9,11-14H2,(H,22,26)/t18-/m1/s1. The topological polar surface area (TPSA) is 75.0 Å². The van der Waals surface area contributed by atoms with Gasteiger partial charge in [0.05, 0.1) is 31.4 Å². The van der Waals surface area contributed by atoms with Crippen molar-refractivity contribution in [1.29, 1.82) is 0 Å². The molecular weight excluding hydrogens is 358 g/mol. The largest absolute Gasteiger partial charge is 0.467 e. The van der Waals surface area contributed by atoms with Crippen LogP contribution in [-0.2, 0) is 22.6 Å². The Morgan fingerprint density at radius 1 is 1.14 bits per heavy atom. The molecule has 2 saturated heterocycles. The predicted molar refractivity (Wildman–Crippen MR) is 103 cm³/mol. The first kappa shape index (κ1) is 18.7. The zero-order valence-electron chi connectivity index (χ0n) is 15.8. The van der Waals surface area contributed by atoms with Gasteiger partial charge in [-0.05, 0) is 11.6 Å². The molecule has 28 heavy (non-hydrogen) atoms. The highest BCUT2D eigenvalue weighted by atomic mass is 16.5. The van der Waals surface area contributed by atoms with Gasteiger partial charge in [0.2, 0.25) is 5.91 Å². The lowest BCUT2D eigenvalue weighted by atomic mass is 10.2. The number of nitrogens with zero attached hydrogens (tertiary/aromatic N) is 2. The molecule has 148 valence electrons. The molecule has 4 rings (SSSR count). The minimum atomic E-state index is -0.198. The Balaban J connectivity index is 1.29. The van der Waals surface area contributed by atoms with Crippen molar-refractivity contribution in [2.45, 2.75) is 25.6 Å². The second-order valence-electron chi connectivity index (χ2n) is 7.32. The monoisotopic (exact) mass is 383 g/mol. The minimum Gasteiger partial charge on any atom is -0.467 e. The second kappa shape index (κ2) is 8.58. The maximum absolute atomic E-state index is 12.5. The lowest BCUT2D eigenvalue weighted by molar-refractivity contribution is -0.128. The highest BCUT2D eigenvalue weighted by Gasteiger charge is 2.31. The molecule has 3 heterocycles. The number of hydrogen-bond donors (Lipinski definition) is 1. The van der Waals surface area contributed by atoms with E-state index in [1.54, 1.807) is 11.0 Å². The Labute approximate surface area is 164 Å². The van der Waals surface area contributed by atoms with Gasteiger partial charge in [0.1, 0.15) is 12.0 Å². The summed E-state index contributed by atoms with van der Waals surface area (Å²) in [4.78, 5) is 28.8. The van der Waals surface area contributed by atoms with Crippen LogP contribution in [0.5, 0.6) is 0 Å². The molecule has 0 unspecified atom stereocenters. The van der Waals surface area contributed by atoms with Gasteiger partial charge in [-0.25, -0.2) is 0 Å². The molecule has 0 bridgehead atoms. The number of hydrogen-bond acceptors (Lipinski definition) is 5. The zero-order valence-corrected chi connectivity index (χ0v) is 15.8. The second-order valence-corrected chi connectivity index (χ2v) is 7.32. The molecule has 2 fully saturated rings. The van der Waals surface area contributed by atoms with Crippen molar-refractivity contribution in [1.82, 2.24) is 15.1 Å². The number of nitrogens with one attached hydrogen (secondary N) is 1. The molecule has 0 aliphatic carbocycles. The fourth-order valence-electron chi connectivity index (χ4n) is 3.66. The lowest BCUT2D eigenvalue weighted by Crippen LogP contribution is -2.37. The van der Waals surface area contributed by atoms with Crippen molar-refractivity contribution < 1.29 is 18.7 Å². The average molecular weight is 383 g/mol. The van der Waals surface area contributed by atoms with Crippen LogP contribution in [0.1, 0.15) is 28.1 Å². The van der Waals surface area contributed by atoms with Crippen LogP contribution in [0, 0.1) is 0 Å². The summed E-state index contributed by atoms with van der Waals surface area (Å²) in [7, 11) is 0. The number of carbonyl (C=O) groups excluding carboxylic acids is 2. The number of rotatable bonds is 6. The summed E-state index contributed by atoms with van der Waals surface area (Å²) in [6.07, 6.45) is 1.82. The molecule has 7 nitrogen and oxygen atoms in total. The Hall–Kier alpha value is -2.64. The SMILES string of the molecule is O=C(N[C@@H]1CC(=O)N(Cc2ccccc2)C1)c1coc(CN2CCOCC2)c1. The van der Waals surface area contributed by atoms with E-state index in [-0.39, 0.29) is 17.9 Å². The third kappa shape index (κ3) is 4.61. The first-order chi connectivity index (χ1) is 13.7. The number of amides is 2. The smallest absolute Gasteiger partial charge is 0.254 e. The summed E-state index contributed by atoms with van der Waals surface area (Å²) in [5, 5.41) is 2.96. The molecule has 2 aromatic rings. The molecule has 1 aromatic heterocycles. The van der Waals surface area contributed by atoms with E-state index < -0.39 is 0 Å². The van der Waals surface area contributed by atoms with Crippen molar-refractivity contribution in [2.75, 3.05) is 32.8 Å². The Kier molecular flexibility index (Phi) is 5.73. The van der Waals surface area contributed by atoms with E-state index in [0.717, 1.165) is 37.6 Å². The van der Waals surface area contributed by atoms with Crippen molar-refractivity contribution in [3.63, 3.8) is 0 Å². The van der Waals surface area contributed by atoms with E-state index in [4.69, 9.17) is 9.15 Å². The van der Waals surface area contributed by atoms with Gasteiger partial charge >= 0.3 is 0 Å². The average Bonchev–Trinajstić information content (AvgIpc) is 3.30. The van der Waals surface area contributed by atoms with E-state index >= 15 is 0 Å². The fraction of sp³-hybridized carbons (Fsp3) is 0.429. The van der Waals surface area contributed by atoms with Crippen LogP contribution in [0.15, 0.2) is 47.1 Å². The van der Waals surface area contributed by atoms with Gasteiger partial charge in [0, 0.05) is 32.6 Å². The van der Waals surface area contributed by atoms with Crippen LogP contribution in [0.25, 0.3) is 0 Å². The van der Waals surface area contributed by atoms with Crippen molar-refractivity contribution >= 4 is 11.8 Å². The number of benzene rings is 1. The van der Waals surface area contributed by atoms with E-state index in [1.165, 1.54) is 6.26 Å². The first-order valence-corrected chi connectivity index (χ1v) is 9.67. The van der Waals surface area contributed by atoms with E-state index in [9.17, 15) is 9.59 Å². The molecule has 0 radical (unpaired) electrons. The molecular formula is C21H25N3O4. The van der Waals surface area contributed by atoms with E-state index in [1.807, 2.05) is 30.3 Å². The fourth-order valence-corrected chi connectivity index (χ4v) is 3.66. The summed E-state index contributed by atoms with van der Waals surface area (Å²) in [6, 6.07) is 11.5. The molecule has 0 saturated carbocycles. The van der Waals surface area contributed by atoms with Crippen LogP contribution >= 0.6 is 0 Å². The van der Waals surface area contributed by atoms with Crippen LogP contribution in [0.3, 0.4) is 0 Å². The summed E-state index contributed by atoms with van der Waals surface area (Å²) >= 11 is 0. The predicted octanol–water partition coefficient (Wildman–Crippen LogP) is 1.64. The molecule has 2 aliphatic rings. The number of likely N-dealkylation sites (tertiary alicyclic amines) is 1. The van der Waals surface area contributed by atoms with Gasteiger partial charge in [-0.1, -0.05) is 30.3 Å². The molecule has 1 N–H and O–H groups in total. The summed E-state index contributed by atoms with van der Waals surface area (Å²) in [6.45, 7) is 4.95. The van der Waals surface area contributed by atoms with Gasteiger partial charge in [0.25, 0.3) is 5.91 Å². The highest BCUT2D eigenvalue weighted by molar-refractivity contribution is 5.94. The third-order valence-corrected chi connectivity index (χ3v) is 5.17. The van der Waals surface area contributed by atoms with E-state index in [2.05, 4.69) is 10.2 Å². The van der Waals surface area contributed by atoms with Crippen LogP contribution < -0.4 is 5.32 Å². The van der Waals surface area contributed by atoms with Gasteiger partial charge < -0.3 is 19.4 Å². The molecule has 1 atom stereocenters. The third-order valence-electron chi connectivity index (χ3n) is 5.17. The maximum Gasteiger partial charge on any atom is 0.254 e. The Morgan fingerprint density at radius 2 is 1.93 bits per heavy atom. The summed E-state index contributed by atoms with van der Waals surface area (Å²) in [5.74, 6) is 0.631. The minimum absolute atomic E-state index is 0.0642. The number of morpholine rings is 1. The van der Waals surface area contributed by atoms with Gasteiger partial charge in [-0.2, -0.15) is 0 Å². The Morgan fingerprint density at radius 3 is 2.71 bits per heavy atom. The quantitative estimate of drug-likeness (QED) is 0.821. The highest BCUT2D eigenvalue weighted by Crippen LogP contribution is 2.17. The van der Waals surface area contributed by atoms with Crippen LogP contribution in [0.2, 0.25) is 0 Å². The van der Waals surface area contributed by atoms with E-state index in [0.29, 0.717) is 31.6 Å². The van der Waals surface area contributed by atoms with Gasteiger partial charge in [0.15, 0.2) is 0 Å². The van der Waals surface area contributed by atoms with Crippen molar-refractivity contribution in [3.05, 3.63) is 59.5 Å². The van der Waals surface area contributed by atoms with Crippen molar-refractivity contribution in [3.8, 4) is 0 Å². The van der Waals surface area contributed by atoms with Gasteiger partial charge in [-0.15, -0.1) is 0 Å². The van der Waals surface area contributed by atoms with Gasteiger partial charge in [-0.3, -0.25) is 14.5 Å². The summed E-state index contributed by atoms with van der Waals surface area (Å²) in [5.41, 5.74) is 1.59. The number of carbonyl (C=O) groups is 2.